The maximum Gasteiger partial charge on any atom is 0.395 e. The van der Waals surface area contributed by atoms with Gasteiger partial charge in [0.05, 0.1) is 11.1 Å². The number of benzene rings is 1. The second kappa shape index (κ2) is 7.55. The van der Waals surface area contributed by atoms with Gasteiger partial charge in [0, 0.05) is 50.7 Å². The second-order valence-electron chi connectivity index (χ2n) is 9.50. The third-order valence-corrected chi connectivity index (χ3v) is 9.70. The Morgan fingerprint density at radius 1 is 1.12 bits per heavy atom. The van der Waals surface area contributed by atoms with Crippen LogP contribution in [0.2, 0.25) is 0 Å². The van der Waals surface area contributed by atoms with Crippen LogP contribution in [0.3, 0.4) is 0 Å². The normalized spacial score (nSPS) is 24.1. The van der Waals surface area contributed by atoms with E-state index in [1.54, 1.807) is 0 Å². The van der Waals surface area contributed by atoms with Crippen LogP contribution in [-0.4, -0.2) is 66.8 Å². The van der Waals surface area contributed by atoms with Crippen molar-refractivity contribution in [2.45, 2.75) is 50.0 Å². The Morgan fingerprint density at radius 3 is 2.38 bits per heavy atom. The Morgan fingerprint density at radius 2 is 1.78 bits per heavy atom. The Bertz CT molecular complexity index is 1050. The summed E-state index contributed by atoms with van der Waals surface area (Å²) in [7, 11) is -3.57. The zero-order chi connectivity index (χ0) is 22.7. The van der Waals surface area contributed by atoms with Crippen molar-refractivity contribution in [3.8, 4) is 0 Å². The molecule has 2 saturated heterocycles. The highest BCUT2D eigenvalue weighted by Gasteiger charge is 2.64. The fraction of sp³-hybridized carbons (Fsp3) is 0.636. The van der Waals surface area contributed by atoms with Crippen LogP contribution >= 0.6 is 0 Å². The van der Waals surface area contributed by atoms with Crippen LogP contribution in [-0.2, 0) is 21.2 Å². The summed E-state index contributed by atoms with van der Waals surface area (Å²) in [6.07, 6.45) is -2.78. The smallest absolute Gasteiger partial charge is 0.340 e. The number of carbonyl (C=O) groups excluding carboxylic acids is 1. The molecular formula is C22H26F3N3O3S. The minimum absolute atomic E-state index is 0.0168. The lowest BCUT2D eigenvalue weighted by Crippen LogP contribution is -2.61. The molecule has 6 nitrogen and oxygen atoms in total. The Balaban J connectivity index is 1.13. The van der Waals surface area contributed by atoms with Crippen LogP contribution in [0.15, 0.2) is 29.3 Å². The van der Waals surface area contributed by atoms with E-state index in [2.05, 4.69) is 6.07 Å². The number of piperidine rings is 1. The Hall–Kier alpha value is -1.94. The molecule has 10 heteroatoms. The van der Waals surface area contributed by atoms with Gasteiger partial charge in [-0.1, -0.05) is 18.2 Å². The van der Waals surface area contributed by atoms with Gasteiger partial charge in [0.15, 0.2) is 0 Å². The van der Waals surface area contributed by atoms with E-state index in [0.717, 1.165) is 17.8 Å². The predicted octanol–water partition coefficient (Wildman–Crippen LogP) is 3.30. The Kier molecular flexibility index (Phi) is 5.16. The summed E-state index contributed by atoms with van der Waals surface area (Å²) < 4.78 is 66.7. The maximum absolute atomic E-state index is 13.1. The van der Waals surface area contributed by atoms with E-state index in [4.69, 9.17) is 4.99 Å². The summed E-state index contributed by atoms with van der Waals surface area (Å²) in [5.41, 5.74) is 1.42. The number of para-hydroxylation sites is 1. The minimum Gasteiger partial charge on any atom is -0.340 e. The van der Waals surface area contributed by atoms with Crippen molar-refractivity contribution in [2.75, 3.05) is 26.2 Å². The highest BCUT2D eigenvalue weighted by atomic mass is 32.2. The molecule has 1 saturated carbocycles. The number of alkyl halides is 3. The predicted molar refractivity (Wildman–Crippen MR) is 113 cm³/mol. The molecule has 174 valence electrons. The first kappa shape index (κ1) is 21.9. The number of hydrogen-bond acceptors (Lipinski definition) is 4. The Labute approximate surface area is 185 Å². The fourth-order valence-electron chi connectivity index (χ4n) is 4.99. The molecule has 1 aromatic carbocycles. The molecule has 3 aliphatic heterocycles. The number of sulfonamides is 1. The topological polar surface area (TPSA) is 70.1 Å². The summed E-state index contributed by atoms with van der Waals surface area (Å²) >= 11 is 0. The van der Waals surface area contributed by atoms with Gasteiger partial charge in [0.1, 0.15) is 5.25 Å². The average Bonchev–Trinajstić information content (AvgIpc) is 3.36. The van der Waals surface area contributed by atoms with E-state index in [1.807, 2.05) is 18.2 Å². The highest BCUT2D eigenvalue weighted by Crippen LogP contribution is 2.60. The van der Waals surface area contributed by atoms with E-state index in [-0.39, 0.29) is 31.8 Å². The number of nitrogens with zero attached hydrogens (tertiary/aromatic N) is 3. The van der Waals surface area contributed by atoms with Gasteiger partial charge >= 0.3 is 6.18 Å². The third-order valence-electron chi connectivity index (χ3n) is 7.48. The molecule has 4 aliphatic rings. The summed E-state index contributed by atoms with van der Waals surface area (Å²) in [6.45, 7) is 0.780. The van der Waals surface area contributed by atoms with Crippen molar-refractivity contribution in [3.63, 3.8) is 0 Å². The lowest BCUT2D eigenvalue weighted by Gasteiger charge is -2.42. The monoisotopic (exact) mass is 469 g/mol. The van der Waals surface area contributed by atoms with Gasteiger partial charge in [0.25, 0.3) is 0 Å². The molecule has 3 heterocycles. The molecule has 5 rings (SSSR count). The zero-order valence-corrected chi connectivity index (χ0v) is 18.5. The van der Waals surface area contributed by atoms with E-state index >= 15 is 0 Å². The van der Waals surface area contributed by atoms with Crippen molar-refractivity contribution < 1.29 is 26.4 Å². The van der Waals surface area contributed by atoms with Crippen molar-refractivity contribution in [2.24, 2.45) is 16.3 Å². The molecule has 0 atom stereocenters. The molecule has 1 aromatic rings. The first-order valence-electron chi connectivity index (χ1n) is 11.1. The number of rotatable bonds is 5. The van der Waals surface area contributed by atoms with Gasteiger partial charge in [-0.15, -0.1) is 0 Å². The molecule has 0 aromatic heterocycles. The van der Waals surface area contributed by atoms with Crippen LogP contribution in [0.4, 0.5) is 18.9 Å². The van der Waals surface area contributed by atoms with Gasteiger partial charge in [-0.3, -0.25) is 9.79 Å². The molecule has 0 N–H and O–H groups in total. The first-order valence-corrected chi connectivity index (χ1v) is 12.6. The van der Waals surface area contributed by atoms with E-state index in [1.165, 1.54) is 14.8 Å². The molecule has 1 aliphatic carbocycles. The highest BCUT2D eigenvalue weighted by molar-refractivity contribution is 7.89. The summed E-state index contributed by atoms with van der Waals surface area (Å²) in [5.74, 6) is -0.339. The van der Waals surface area contributed by atoms with Crippen LogP contribution in [0.25, 0.3) is 0 Å². The number of aliphatic imine (C=N–C) groups is 1. The van der Waals surface area contributed by atoms with Crippen LogP contribution in [0.1, 0.15) is 37.7 Å². The lowest BCUT2D eigenvalue weighted by molar-refractivity contribution is -0.193. The van der Waals surface area contributed by atoms with E-state index in [9.17, 15) is 26.4 Å². The molecule has 32 heavy (non-hydrogen) atoms. The van der Waals surface area contributed by atoms with Gasteiger partial charge in [-0.25, -0.2) is 12.7 Å². The molecular weight excluding hydrogens is 443 g/mol. The first-order chi connectivity index (χ1) is 15.1. The lowest BCUT2D eigenvalue weighted by atomic mass is 9.90. The third kappa shape index (κ3) is 3.75. The molecule has 0 radical (unpaired) electrons. The minimum atomic E-state index is -4.38. The molecule has 0 unspecified atom stereocenters. The van der Waals surface area contributed by atoms with Gasteiger partial charge in [0.2, 0.25) is 15.9 Å². The molecule has 1 amide bonds. The molecule has 0 spiro atoms. The fourth-order valence-corrected chi connectivity index (χ4v) is 6.87. The van der Waals surface area contributed by atoms with Crippen LogP contribution < -0.4 is 0 Å². The van der Waals surface area contributed by atoms with Crippen molar-refractivity contribution in [1.82, 2.24) is 9.21 Å². The number of halogens is 3. The van der Waals surface area contributed by atoms with Crippen molar-refractivity contribution in [1.29, 1.82) is 0 Å². The summed E-state index contributed by atoms with van der Waals surface area (Å²) in [5, 5.41) is -0.725. The number of fused-ring (bicyclic) bond motifs is 1. The van der Waals surface area contributed by atoms with E-state index in [0.29, 0.717) is 25.9 Å². The average molecular weight is 470 g/mol. The number of amides is 1. The summed E-state index contributed by atoms with van der Waals surface area (Å²) in [6, 6.07) is 8.01. The number of hydrogen-bond donors (Lipinski definition) is 0. The second-order valence-corrected chi connectivity index (χ2v) is 11.7. The number of likely N-dealkylation sites (tertiary alicyclic amines) is 1. The van der Waals surface area contributed by atoms with Crippen LogP contribution in [0, 0.1) is 11.3 Å². The van der Waals surface area contributed by atoms with Crippen molar-refractivity contribution in [3.05, 3.63) is 29.8 Å². The molecule has 0 bridgehead atoms. The van der Waals surface area contributed by atoms with Gasteiger partial charge in [-0.2, -0.15) is 13.2 Å². The largest absolute Gasteiger partial charge is 0.395 e. The quantitative estimate of drug-likeness (QED) is 0.665. The van der Waals surface area contributed by atoms with Crippen molar-refractivity contribution >= 4 is 27.3 Å². The molecule has 3 fully saturated rings. The summed E-state index contributed by atoms with van der Waals surface area (Å²) in [4.78, 5) is 18.2. The number of carbonyl (C=O) groups is 1. The van der Waals surface area contributed by atoms with Gasteiger partial charge < -0.3 is 4.90 Å². The van der Waals surface area contributed by atoms with Gasteiger partial charge in [-0.05, 0) is 37.3 Å². The zero-order valence-electron chi connectivity index (χ0n) is 17.6. The standard InChI is InChI=1S/C22H26F3N3O3S/c23-22(24,25)21(7-8-21)12-20(29)27-13-17(14-27)32(30,31)28-9-5-15(6-10-28)19-11-16-3-1-2-4-18(16)26-19/h1-4,15,17H,5-14H2. The maximum atomic E-state index is 13.1. The van der Waals surface area contributed by atoms with Crippen LogP contribution in [0.5, 0.6) is 0 Å². The SMILES string of the molecule is O=C(CC1(C(F)(F)F)CC1)N1CC(S(=O)(=O)N2CCC(C3=Nc4ccccc4C3)CC2)C1. The van der Waals surface area contributed by atoms with E-state index < -0.39 is 39.2 Å².